The number of piperazine rings is 1. The topological polar surface area (TPSA) is 62.7 Å². The molecule has 0 radical (unpaired) electrons. The molecule has 1 aliphatic carbocycles. The van der Waals surface area contributed by atoms with Crippen molar-refractivity contribution >= 4 is 17.3 Å². The number of rotatable bonds is 3. The Morgan fingerprint density at radius 2 is 1.73 bits per heavy atom. The molecule has 0 amide bonds. The van der Waals surface area contributed by atoms with Gasteiger partial charge in [0.15, 0.2) is 5.76 Å². The van der Waals surface area contributed by atoms with Crippen LogP contribution >= 0.6 is 0 Å². The smallest absolute Gasteiger partial charge is 0.416 e. The van der Waals surface area contributed by atoms with Gasteiger partial charge in [0, 0.05) is 37.4 Å². The molecule has 7 nitrogen and oxygen atoms in total. The van der Waals surface area contributed by atoms with E-state index in [1.54, 1.807) is 22.9 Å². The molecule has 170 valence electrons. The third-order valence-corrected chi connectivity index (χ3v) is 6.34. The number of aromatic nitrogens is 4. The Bertz CT molecular complexity index is 1310. The first-order valence-electron chi connectivity index (χ1n) is 11.0. The second-order valence-corrected chi connectivity index (χ2v) is 8.36. The highest BCUT2D eigenvalue weighted by Gasteiger charge is 2.32. The molecule has 33 heavy (non-hydrogen) atoms. The van der Waals surface area contributed by atoms with E-state index in [-0.39, 0.29) is 0 Å². The van der Waals surface area contributed by atoms with Gasteiger partial charge in [-0.05, 0) is 49.6 Å². The highest BCUT2D eigenvalue weighted by Crippen LogP contribution is 2.34. The van der Waals surface area contributed by atoms with Crippen LogP contribution in [0.25, 0.3) is 17.4 Å². The monoisotopic (exact) mass is 454 g/mol. The van der Waals surface area contributed by atoms with Gasteiger partial charge in [0.05, 0.1) is 17.5 Å². The second-order valence-electron chi connectivity index (χ2n) is 8.36. The van der Waals surface area contributed by atoms with Crippen LogP contribution in [0.2, 0.25) is 0 Å². The highest BCUT2D eigenvalue weighted by molar-refractivity contribution is 5.60. The summed E-state index contributed by atoms with van der Waals surface area (Å²) >= 11 is 0. The fraction of sp³-hybridized carbons (Fsp3) is 0.348. The third kappa shape index (κ3) is 3.49. The fourth-order valence-corrected chi connectivity index (χ4v) is 4.75. The largest absolute Gasteiger partial charge is 0.461 e. The Hall–Kier alpha value is -3.56. The average molecular weight is 454 g/mol. The molecule has 0 unspecified atom stereocenters. The van der Waals surface area contributed by atoms with Crippen molar-refractivity contribution in [2.24, 2.45) is 0 Å². The Labute approximate surface area is 187 Å². The SMILES string of the molecule is FC(F)(F)c1cccc(N2CCN(c3c4c(nc5nc(-c6ccco6)nn35)CCC4)CC2)c1. The lowest BCUT2D eigenvalue weighted by Crippen LogP contribution is -2.47. The summed E-state index contributed by atoms with van der Waals surface area (Å²) in [5.74, 6) is 2.60. The average Bonchev–Trinajstić information content (AvgIpc) is 3.57. The lowest BCUT2D eigenvalue weighted by Gasteiger charge is -2.38. The second kappa shape index (κ2) is 7.50. The zero-order chi connectivity index (χ0) is 22.6. The number of aryl methyl sites for hydroxylation is 1. The van der Waals surface area contributed by atoms with Crippen molar-refractivity contribution in [1.29, 1.82) is 0 Å². The van der Waals surface area contributed by atoms with Crippen molar-refractivity contribution in [3.63, 3.8) is 0 Å². The molecule has 0 N–H and O–H groups in total. The first-order chi connectivity index (χ1) is 16.0. The molecule has 2 aliphatic rings. The van der Waals surface area contributed by atoms with Crippen molar-refractivity contribution in [2.45, 2.75) is 25.4 Å². The summed E-state index contributed by atoms with van der Waals surface area (Å²) in [4.78, 5) is 13.6. The van der Waals surface area contributed by atoms with Crippen LogP contribution < -0.4 is 9.80 Å². The van der Waals surface area contributed by atoms with Crippen LogP contribution in [0, 0.1) is 0 Å². The maximum Gasteiger partial charge on any atom is 0.416 e. The van der Waals surface area contributed by atoms with Crippen LogP contribution in [0.15, 0.2) is 47.1 Å². The van der Waals surface area contributed by atoms with E-state index in [2.05, 4.69) is 9.88 Å². The molecular formula is C23H21F3N6O. The molecule has 1 aliphatic heterocycles. The molecule has 0 spiro atoms. The van der Waals surface area contributed by atoms with Gasteiger partial charge in [-0.2, -0.15) is 22.7 Å². The third-order valence-electron chi connectivity index (χ3n) is 6.34. The summed E-state index contributed by atoms with van der Waals surface area (Å²) in [5, 5.41) is 4.69. The number of hydrogen-bond acceptors (Lipinski definition) is 6. The predicted octanol–water partition coefficient (Wildman–Crippen LogP) is 4.22. The normalized spacial score (nSPS) is 16.6. The van der Waals surface area contributed by atoms with E-state index in [1.165, 1.54) is 17.7 Å². The van der Waals surface area contributed by atoms with Crippen LogP contribution in [0.3, 0.4) is 0 Å². The van der Waals surface area contributed by atoms with Crippen LogP contribution in [0.5, 0.6) is 0 Å². The molecule has 0 bridgehead atoms. The van der Waals surface area contributed by atoms with Crippen molar-refractivity contribution in [2.75, 3.05) is 36.0 Å². The zero-order valence-corrected chi connectivity index (χ0v) is 17.7. The molecule has 10 heteroatoms. The lowest BCUT2D eigenvalue weighted by atomic mass is 10.1. The van der Waals surface area contributed by atoms with Gasteiger partial charge < -0.3 is 14.2 Å². The van der Waals surface area contributed by atoms with Crippen molar-refractivity contribution in [3.8, 4) is 11.6 Å². The molecular weight excluding hydrogens is 433 g/mol. The molecule has 3 aromatic heterocycles. The molecule has 1 fully saturated rings. The summed E-state index contributed by atoms with van der Waals surface area (Å²) < 4.78 is 46.7. The van der Waals surface area contributed by atoms with Gasteiger partial charge in [0.2, 0.25) is 5.82 Å². The van der Waals surface area contributed by atoms with E-state index in [9.17, 15) is 13.2 Å². The Morgan fingerprint density at radius 3 is 2.48 bits per heavy atom. The molecule has 0 atom stereocenters. The molecule has 4 aromatic rings. The van der Waals surface area contributed by atoms with E-state index in [0.29, 0.717) is 49.2 Å². The molecule has 6 rings (SSSR count). The predicted molar refractivity (Wildman–Crippen MR) is 116 cm³/mol. The Balaban J connectivity index is 1.31. The Kier molecular flexibility index (Phi) is 4.56. The van der Waals surface area contributed by atoms with Gasteiger partial charge in [0.25, 0.3) is 5.78 Å². The summed E-state index contributed by atoms with van der Waals surface area (Å²) in [6.45, 7) is 2.55. The number of furan rings is 1. The number of fused-ring (bicyclic) bond motifs is 2. The highest BCUT2D eigenvalue weighted by atomic mass is 19.4. The summed E-state index contributed by atoms with van der Waals surface area (Å²) in [7, 11) is 0. The van der Waals surface area contributed by atoms with E-state index >= 15 is 0 Å². The van der Waals surface area contributed by atoms with Crippen LogP contribution in [0.4, 0.5) is 24.7 Å². The number of anilines is 2. The number of alkyl halides is 3. The maximum atomic E-state index is 13.1. The minimum atomic E-state index is -4.35. The first-order valence-corrected chi connectivity index (χ1v) is 11.0. The van der Waals surface area contributed by atoms with Crippen molar-refractivity contribution in [3.05, 3.63) is 59.5 Å². The summed E-state index contributed by atoms with van der Waals surface area (Å²) in [6, 6.07) is 9.15. The minimum Gasteiger partial charge on any atom is -0.461 e. The van der Waals surface area contributed by atoms with E-state index in [0.717, 1.165) is 36.8 Å². The zero-order valence-electron chi connectivity index (χ0n) is 17.7. The van der Waals surface area contributed by atoms with E-state index < -0.39 is 11.7 Å². The lowest BCUT2D eigenvalue weighted by molar-refractivity contribution is -0.137. The quantitative estimate of drug-likeness (QED) is 0.462. The number of benzene rings is 1. The van der Waals surface area contributed by atoms with Gasteiger partial charge in [-0.15, -0.1) is 5.10 Å². The number of nitrogens with zero attached hydrogens (tertiary/aromatic N) is 6. The van der Waals surface area contributed by atoms with Gasteiger partial charge in [-0.1, -0.05) is 6.07 Å². The molecule has 4 heterocycles. The standard InChI is InChI=1S/C23H21F3N6O/c24-23(25,26)15-4-1-5-16(14-15)30-9-11-31(12-10-30)21-17-6-2-7-18(17)27-22-28-20(29-32(21)22)19-8-3-13-33-19/h1,3-5,8,13-14H,2,6-7,9-12H2. The first kappa shape index (κ1) is 20.1. The van der Waals surface area contributed by atoms with Crippen LogP contribution in [0.1, 0.15) is 23.2 Å². The van der Waals surface area contributed by atoms with Crippen molar-refractivity contribution in [1.82, 2.24) is 19.6 Å². The van der Waals surface area contributed by atoms with Gasteiger partial charge >= 0.3 is 6.18 Å². The van der Waals surface area contributed by atoms with Gasteiger partial charge in [-0.3, -0.25) is 0 Å². The fourth-order valence-electron chi connectivity index (χ4n) is 4.75. The number of halogens is 3. The molecule has 1 aromatic carbocycles. The van der Waals surface area contributed by atoms with Gasteiger partial charge in [0.1, 0.15) is 5.82 Å². The van der Waals surface area contributed by atoms with Gasteiger partial charge in [-0.25, -0.2) is 4.98 Å². The van der Waals surface area contributed by atoms with Crippen molar-refractivity contribution < 1.29 is 17.6 Å². The minimum absolute atomic E-state index is 0.486. The summed E-state index contributed by atoms with van der Waals surface area (Å²) in [6.07, 6.45) is 0.114. The Morgan fingerprint density at radius 1 is 0.909 bits per heavy atom. The summed E-state index contributed by atoms with van der Waals surface area (Å²) in [5.41, 5.74) is 2.21. The molecule has 0 saturated carbocycles. The van der Waals surface area contributed by atoms with Crippen LogP contribution in [-0.4, -0.2) is 45.8 Å². The van der Waals surface area contributed by atoms with E-state index in [4.69, 9.17) is 14.5 Å². The molecule has 1 saturated heterocycles. The van der Waals surface area contributed by atoms with Crippen LogP contribution in [-0.2, 0) is 19.0 Å². The maximum absolute atomic E-state index is 13.1. The number of hydrogen-bond donors (Lipinski definition) is 0. The van der Waals surface area contributed by atoms with E-state index in [1.807, 2.05) is 11.0 Å².